The first kappa shape index (κ1) is 6.54. The van der Waals surface area contributed by atoms with Crippen LogP contribution in [-0.4, -0.2) is 20.2 Å². The van der Waals surface area contributed by atoms with Gasteiger partial charge in [0.25, 0.3) is 0 Å². The van der Waals surface area contributed by atoms with E-state index < -0.39 is 0 Å². The summed E-state index contributed by atoms with van der Waals surface area (Å²) in [5.74, 6) is 0. The zero-order valence-corrected chi connectivity index (χ0v) is 6.73. The predicted octanol–water partition coefficient (Wildman–Crippen LogP) is 1.51. The van der Waals surface area contributed by atoms with Crippen LogP contribution in [0.4, 0.5) is 0 Å². The van der Waals surface area contributed by atoms with Gasteiger partial charge < -0.3 is 0 Å². The summed E-state index contributed by atoms with van der Waals surface area (Å²) < 4.78 is 0. The van der Waals surface area contributed by atoms with Gasteiger partial charge in [-0.15, -0.1) is 0 Å². The number of nitrogens with one attached hydrogen (secondary N) is 1. The number of rotatable bonds is 0. The molecule has 0 amide bonds. The number of nitrogens with zero attached hydrogens (tertiary/aromatic N) is 3. The largest absolute Gasteiger partial charge is 0.284 e. The highest BCUT2D eigenvalue weighted by atomic mass is 15.1. The molecule has 0 aliphatic carbocycles. The van der Waals surface area contributed by atoms with Gasteiger partial charge in [0, 0.05) is 24.0 Å². The average Bonchev–Trinajstić information content (AvgIpc) is 2.65. The molecule has 3 aromatic heterocycles. The minimum absolute atomic E-state index is 0.848. The van der Waals surface area contributed by atoms with E-state index in [2.05, 4.69) is 20.2 Å². The molecule has 0 saturated heterocycles. The maximum Gasteiger partial charge on any atom is 0.121 e. The van der Waals surface area contributed by atoms with Crippen LogP contribution in [0.15, 0.2) is 30.7 Å². The van der Waals surface area contributed by atoms with Crippen LogP contribution >= 0.6 is 0 Å². The van der Waals surface area contributed by atoms with Crippen LogP contribution in [0.3, 0.4) is 0 Å². The van der Waals surface area contributed by atoms with Gasteiger partial charge in [-0.3, -0.25) is 15.1 Å². The third-order valence-electron chi connectivity index (χ3n) is 2.02. The Kier molecular flexibility index (Phi) is 1.14. The van der Waals surface area contributed by atoms with Crippen molar-refractivity contribution in [3.05, 3.63) is 30.7 Å². The quantitative estimate of drug-likeness (QED) is 0.556. The highest BCUT2D eigenvalue weighted by Gasteiger charge is 2.03. The standard InChI is InChI=1S/C9H6N4/c1-2-7-9(10-3-1)8-6(4-11-7)5-12-13-8/h1-5H,(H,12,13). The zero-order valence-electron chi connectivity index (χ0n) is 6.73. The number of pyridine rings is 2. The third-order valence-corrected chi connectivity index (χ3v) is 2.02. The van der Waals surface area contributed by atoms with Crippen molar-refractivity contribution in [1.29, 1.82) is 0 Å². The van der Waals surface area contributed by atoms with Crippen LogP contribution in [0, 0.1) is 0 Å². The molecule has 4 heteroatoms. The minimum Gasteiger partial charge on any atom is -0.284 e. The van der Waals surface area contributed by atoms with E-state index in [4.69, 9.17) is 0 Å². The Labute approximate surface area is 73.6 Å². The maximum atomic E-state index is 4.26. The molecule has 0 bridgehead atoms. The molecule has 0 aliphatic rings. The first-order valence-electron chi connectivity index (χ1n) is 3.98. The summed E-state index contributed by atoms with van der Waals surface area (Å²) in [6.07, 6.45) is 5.36. The summed E-state index contributed by atoms with van der Waals surface area (Å²) in [6, 6.07) is 3.80. The monoisotopic (exact) mass is 170 g/mol. The molecule has 0 atom stereocenters. The van der Waals surface area contributed by atoms with Crippen molar-refractivity contribution in [1.82, 2.24) is 20.2 Å². The normalized spacial score (nSPS) is 11.1. The van der Waals surface area contributed by atoms with E-state index in [0.717, 1.165) is 21.9 Å². The summed E-state index contributed by atoms with van der Waals surface area (Å²) in [5.41, 5.74) is 2.61. The molecule has 1 N–H and O–H groups in total. The Morgan fingerprint density at radius 2 is 2.15 bits per heavy atom. The number of aromatic amines is 1. The summed E-state index contributed by atoms with van der Waals surface area (Å²) in [7, 11) is 0. The van der Waals surface area contributed by atoms with Gasteiger partial charge in [-0.1, -0.05) is 0 Å². The van der Waals surface area contributed by atoms with Crippen LogP contribution in [0.1, 0.15) is 0 Å². The molecule has 0 radical (unpaired) electrons. The van der Waals surface area contributed by atoms with Gasteiger partial charge in [-0.05, 0) is 12.1 Å². The second-order valence-corrected chi connectivity index (χ2v) is 2.82. The lowest BCUT2D eigenvalue weighted by molar-refractivity contribution is 1.12. The topological polar surface area (TPSA) is 54.5 Å². The van der Waals surface area contributed by atoms with Crippen LogP contribution in [0.25, 0.3) is 21.9 Å². The van der Waals surface area contributed by atoms with Crippen LogP contribution in [-0.2, 0) is 0 Å². The number of hydrogen-bond acceptors (Lipinski definition) is 3. The van der Waals surface area contributed by atoms with Gasteiger partial charge in [0.05, 0.1) is 5.52 Å². The molecule has 13 heavy (non-hydrogen) atoms. The first-order chi connectivity index (χ1) is 6.45. The third kappa shape index (κ3) is 0.823. The molecular formula is C9H6N4. The summed E-state index contributed by atoms with van der Waals surface area (Å²) in [4.78, 5) is 8.50. The van der Waals surface area contributed by atoms with E-state index in [1.165, 1.54) is 0 Å². The first-order valence-corrected chi connectivity index (χ1v) is 3.98. The van der Waals surface area contributed by atoms with E-state index >= 15 is 0 Å². The van der Waals surface area contributed by atoms with Crippen LogP contribution in [0.2, 0.25) is 0 Å². The number of fused-ring (bicyclic) bond motifs is 3. The molecule has 4 nitrogen and oxygen atoms in total. The number of aromatic nitrogens is 4. The fourth-order valence-electron chi connectivity index (χ4n) is 1.41. The molecule has 0 fully saturated rings. The Hall–Kier alpha value is -1.97. The SMILES string of the molecule is c1cnc2c(c1)ncc1c[nH]nc12. The second-order valence-electron chi connectivity index (χ2n) is 2.82. The highest BCUT2D eigenvalue weighted by Crippen LogP contribution is 2.17. The lowest BCUT2D eigenvalue weighted by Gasteiger charge is -1.94. The molecule has 62 valence electrons. The van der Waals surface area contributed by atoms with Crippen molar-refractivity contribution in [2.45, 2.75) is 0 Å². The van der Waals surface area contributed by atoms with E-state index in [9.17, 15) is 0 Å². The fourth-order valence-corrected chi connectivity index (χ4v) is 1.41. The molecular weight excluding hydrogens is 164 g/mol. The van der Waals surface area contributed by atoms with Crippen LogP contribution < -0.4 is 0 Å². The zero-order chi connectivity index (χ0) is 8.67. The van der Waals surface area contributed by atoms with Crippen molar-refractivity contribution >= 4 is 21.9 Å². The lowest BCUT2D eigenvalue weighted by Crippen LogP contribution is -1.82. The van der Waals surface area contributed by atoms with Gasteiger partial charge >= 0.3 is 0 Å². The molecule has 0 unspecified atom stereocenters. The van der Waals surface area contributed by atoms with Crippen molar-refractivity contribution in [2.24, 2.45) is 0 Å². The van der Waals surface area contributed by atoms with Crippen molar-refractivity contribution in [3.63, 3.8) is 0 Å². The summed E-state index contributed by atoms with van der Waals surface area (Å²) >= 11 is 0. The highest BCUT2D eigenvalue weighted by molar-refractivity contribution is 5.99. The van der Waals surface area contributed by atoms with E-state index in [-0.39, 0.29) is 0 Å². The molecule has 0 spiro atoms. The molecule has 3 heterocycles. The number of H-pyrrole nitrogens is 1. The van der Waals surface area contributed by atoms with Gasteiger partial charge in [0.1, 0.15) is 11.0 Å². The van der Waals surface area contributed by atoms with Gasteiger partial charge in [0.15, 0.2) is 0 Å². The van der Waals surface area contributed by atoms with E-state index in [1.54, 1.807) is 12.4 Å². The molecule has 0 aromatic carbocycles. The predicted molar refractivity (Wildman–Crippen MR) is 49.2 cm³/mol. The minimum atomic E-state index is 0.848. The summed E-state index contributed by atoms with van der Waals surface area (Å²) in [6.45, 7) is 0. The molecule has 3 rings (SSSR count). The number of hydrogen-bond donors (Lipinski definition) is 1. The van der Waals surface area contributed by atoms with Crippen molar-refractivity contribution in [2.75, 3.05) is 0 Å². The Balaban J connectivity index is 2.65. The lowest BCUT2D eigenvalue weighted by atomic mass is 10.2. The maximum absolute atomic E-state index is 4.26. The Bertz CT molecular complexity index is 570. The molecule has 3 aromatic rings. The van der Waals surface area contributed by atoms with E-state index in [0.29, 0.717) is 0 Å². The fraction of sp³-hybridized carbons (Fsp3) is 0. The van der Waals surface area contributed by atoms with Crippen molar-refractivity contribution < 1.29 is 0 Å². The van der Waals surface area contributed by atoms with E-state index in [1.807, 2.05) is 18.3 Å². The molecule has 0 aliphatic heterocycles. The van der Waals surface area contributed by atoms with Crippen molar-refractivity contribution in [3.8, 4) is 0 Å². The molecule has 0 saturated carbocycles. The Morgan fingerprint density at radius 3 is 3.15 bits per heavy atom. The van der Waals surface area contributed by atoms with Gasteiger partial charge in [-0.25, -0.2) is 0 Å². The van der Waals surface area contributed by atoms with Gasteiger partial charge in [-0.2, -0.15) is 5.10 Å². The van der Waals surface area contributed by atoms with Crippen LogP contribution in [0.5, 0.6) is 0 Å². The summed E-state index contributed by atoms with van der Waals surface area (Å²) in [5, 5.41) is 7.91. The smallest absolute Gasteiger partial charge is 0.121 e. The van der Waals surface area contributed by atoms with Gasteiger partial charge in [0.2, 0.25) is 0 Å². The Morgan fingerprint density at radius 1 is 1.15 bits per heavy atom. The second kappa shape index (κ2) is 2.26. The average molecular weight is 170 g/mol.